The molecule has 0 bridgehead atoms. The van der Waals surface area contributed by atoms with Crippen molar-refractivity contribution in [3.8, 4) is 0 Å². The van der Waals surface area contributed by atoms with Crippen molar-refractivity contribution in [1.29, 1.82) is 0 Å². The minimum atomic E-state index is -0.443. The van der Waals surface area contributed by atoms with Gasteiger partial charge in [0.15, 0.2) is 0 Å². The van der Waals surface area contributed by atoms with Gasteiger partial charge in [-0.3, -0.25) is 4.79 Å². The predicted molar refractivity (Wildman–Crippen MR) is 96.3 cm³/mol. The Balaban J connectivity index is 1.77. The highest BCUT2D eigenvalue weighted by atomic mass is 16.3. The van der Waals surface area contributed by atoms with Crippen LogP contribution in [0.15, 0.2) is 54.6 Å². The fourth-order valence-corrected chi connectivity index (χ4v) is 3.71. The van der Waals surface area contributed by atoms with E-state index in [1.54, 1.807) is 4.90 Å². The predicted octanol–water partition coefficient (Wildman–Crippen LogP) is 2.20. The molecule has 1 aliphatic rings. The maximum absolute atomic E-state index is 12.1. The second-order valence-corrected chi connectivity index (χ2v) is 6.48. The molecule has 128 valence electrons. The van der Waals surface area contributed by atoms with Crippen molar-refractivity contribution < 1.29 is 9.90 Å². The molecule has 0 saturated carbocycles. The van der Waals surface area contributed by atoms with Crippen LogP contribution in [0.5, 0.6) is 0 Å². The topological polar surface area (TPSA) is 58.4 Å². The van der Waals surface area contributed by atoms with Crippen LogP contribution in [0.4, 0.5) is 0 Å². The second-order valence-electron chi connectivity index (χ2n) is 6.48. The van der Waals surface area contributed by atoms with Gasteiger partial charge in [-0.15, -0.1) is 0 Å². The highest BCUT2D eigenvalue weighted by Gasteiger charge is 2.27. The lowest BCUT2D eigenvalue weighted by Gasteiger charge is -2.26. The van der Waals surface area contributed by atoms with Gasteiger partial charge in [-0.1, -0.05) is 42.5 Å². The molecule has 0 saturated heterocycles. The number of aliphatic hydroxyl groups excluding tert-OH is 1. The third-order valence-corrected chi connectivity index (χ3v) is 4.87. The van der Waals surface area contributed by atoms with Crippen LogP contribution < -0.4 is 0 Å². The standard InChI is InChI=1S/C20H21N3O2/c24-14-20(25)22-11-10-19-21-17-8-4-5-9-18(17)23(19)16(13-22)12-15-6-2-1-3-7-15/h1-9,16,24H,10-14H2. The fraction of sp³-hybridized carbons (Fsp3) is 0.300. The van der Waals surface area contributed by atoms with Gasteiger partial charge >= 0.3 is 0 Å². The highest BCUT2D eigenvalue weighted by Crippen LogP contribution is 2.27. The number of hydrogen-bond acceptors (Lipinski definition) is 3. The van der Waals surface area contributed by atoms with E-state index in [9.17, 15) is 9.90 Å². The molecule has 4 rings (SSSR count). The van der Waals surface area contributed by atoms with E-state index < -0.39 is 6.61 Å². The van der Waals surface area contributed by atoms with Gasteiger partial charge in [0.2, 0.25) is 5.91 Å². The molecule has 1 N–H and O–H groups in total. The number of carbonyl (C=O) groups is 1. The van der Waals surface area contributed by atoms with Crippen molar-refractivity contribution in [3.05, 3.63) is 66.0 Å². The molecule has 1 atom stereocenters. The number of aromatic nitrogens is 2. The van der Waals surface area contributed by atoms with Gasteiger partial charge < -0.3 is 14.6 Å². The van der Waals surface area contributed by atoms with E-state index in [-0.39, 0.29) is 11.9 Å². The van der Waals surface area contributed by atoms with Gasteiger partial charge in [-0.2, -0.15) is 0 Å². The van der Waals surface area contributed by atoms with Crippen molar-refractivity contribution in [1.82, 2.24) is 14.5 Å². The lowest BCUT2D eigenvalue weighted by molar-refractivity contribution is -0.134. The number of amides is 1. The smallest absolute Gasteiger partial charge is 0.248 e. The molecule has 5 heteroatoms. The normalized spacial score (nSPS) is 17.3. The first-order chi connectivity index (χ1) is 12.3. The number of para-hydroxylation sites is 2. The third-order valence-electron chi connectivity index (χ3n) is 4.87. The summed E-state index contributed by atoms with van der Waals surface area (Å²) in [5.74, 6) is 0.795. The molecule has 3 aromatic rings. The van der Waals surface area contributed by atoms with Gasteiger partial charge in [-0.05, 0) is 24.1 Å². The molecular weight excluding hydrogens is 314 g/mol. The zero-order valence-electron chi connectivity index (χ0n) is 14.0. The maximum atomic E-state index is 12.1. The molecule has 2 aromatic carbocycles. The average Bonchev–Trinajstić information content (AvgIpc) is 2.93. The van der Waals surface area contributed by atoms with E-state index in [4.69, 9.17) is 4.98 Å². The molecule has 1 aliphatic heterocycles. The Morgan fingerprint density at radius 2 is 1.88 bits per heavy atom. The summed E-state index contributed by atoms with van der Waals surface area (Å²) in [6.45, 7) is 0.733. The summed E-state index contributed by atoms with van der Waals surface area (Å²) >= 11 is 0. The summed E-state index contributed by atoms with van der Waals surface area (Å²) in [5, 5.41) is 9.28. The Morgan fingerprint density at radius 1 is 1.12 bits per heavy atom. The zero-order chi connectivity index (χ0) is 17.2. The van der Waals surface area contributed by atoms with Gasteiger partial charge in [0.05, 0.1) is 17.1 Å². The van der Waals surface area contributed by atoms with E-state index in [0.29, 0.717) is 19.5 Å². The number of carbonyl (C=O) groups excluding carboxylic acids is 1. The highest BCUT2D eigenvalue weighted by molar-refractivity contribution is 5.78. The van der Waals surface area contributed by atoms with Crippen molar-refractivity contribution in [2.75, 3.05) is 19.7 Å². The molecule has 0 spiro atoms. The molecule has 1 aromatic heterocycles. The number of rotatable bonds is 3. The van der Waals surface area contributed by atoms with Crippen LogP contribution in [0, 0.1) is 0 Å². The molecule has 25 heavy (non-hydrogen) atoms. The number of hydrogen-bond donors (Lipinski definition) is 1. The van der Waals surface area contributed by atoms with Crippen LogP contribution in [0.2, 0.25) is 0 Å². The van der Waals surface area contributed by atoms with E-state index >= 15 is 0 Å². The van der Waals surface area contributed by atoms with Crippen LogP contribution >= 0.6 is 0 Å². The van der Waals surface area contributed by atoms with Crippen molar-refractivity contribution >= 4 is 16.9 Å². The first kappa shape index (κ1) is 15.8. The number of benzene rings is 2. The van der Waals surface area contributed by atoms with E-state index in [1.807, 2.05) is 36.4 Å². The van der Waals surface area contributed by atoms with Crippen LogP contribution in [0.25, 0.3) is 11.0 Å². The number of imidazole rings is 1. The zero-order valence-corrected chi connectivity index (χ0v) is 14.0. The van der Waals surface area contributed by atoms with E-state index in [1.165, 1.54) is 5.56 Å². The molecule has 1 amide bonds. The summed E-state index contributed by atoms with van der Waals surface area (Å²) in [6.07, 6.45) is 1.52. The molecule has 5 nitrogen and oxygen atoms in total. The fourth-order valence-electron chi connectivity index (χ4n) is 3.71. The lowest BCUT2D eigenvalue weighted by Crippen LogP contribution is -2.37. The summed E-state index contributed by atoms with van der Waals surface area (Å²) in [7, 11) is 0. The maximum Gasteiger partial charge on any atom is 0.248 e. The molecule has 0 fully saturated rings. The Kier molecular flexibility index (Phi) is 4.24. The average molecular weight is 335 g/mol. The number of aliphatic hydroxyl groups is 1. The number of fused-ring (bicyclic) bond motifs is 3. The Morgan fingerprint density at radius 3 is 2.68 bits per heavy atom. The minimum absolute atomic E-state index is 0.0998. The quantitative estimate of drug-likeness (QED) is 0.798. The van der Waals surface area contributed by atoms with Crippen molar-refractivity contribution in [2.45, 2.75) is 18.9 Å². The molecule has 2 heterocycles. The molecule has 0 aliphatic carbocycles. The number of nitrogens with zero attached hydrogens (tertiary/aromatic N) is 3. The first-order valence-electron chi connectivity index (χ1n) is 8.64. The van der Waals surface area contributed by atoms with Crippen LogP contribution in [0.1, 0.15) is 17.4 Å². The molecular formula is C20H21N3O2. The Labute approximate surface area is 146 Å². The van der Waals surface area contributed by atoms with Crippen molar-refractivity contribution in [2.24, 2.45) is 0 Å². The summed E-state index contributed by atoms with van der Waals surface area (Å²) in [5.41, 5.74) is 3.34. The SMILES string of the molecule is O=C(CO)N1CCc2nc3ccccc3n2C(Cc2ccccc2)C1. The molecule has 1 unspecified atom stereocenters. The van der Waals surface area contributed by atoms with E-state index in [2.05, 4.69) is 22.8 Å². The van der Waals surface area contributed by atoms with Gasteiger partial charge in [-0.25, -0.2) is 4.98 Å². The summed E-state index contributed by atoms with van der Waals surface area (Å²) < 4.78 is 2.28. The third kappa shape index (κ3) is 3.03. The summed E-state index contributed by atoms with van der Waals surface area (Å²) in [6, 6.07) is 18.6. The monoisotopic (exact) mass is 335 g/mol. The lowest BCUT2D eigenvalue weighted by atomic mass is 10.0. The van der Waals surface area contributed by atoms with Gasteiger partial charge in [0, 0.05) is 19.5 Å². The largest absolute Gasteiger partial charge is 0.387 e. The first-order valence-corrected chi connectivity index (χ1v) is 8.64. The van der Waals surface area contributed by atoms with Crippen LogP contribution in [0.3, 0.4) is 0 Å². The van der Waals surface area contributed by atoms with Gasteiger partial charge in [0.25, 0.3) is 0 Å². The van der Waals surface area contributed by atoms with Crippen LogP contribution in [-0.4, -0.2) is 45.2 Å². The van der Waals surface area contributed by atoms with Crippen molar-refractivity contribution in [3.63, 3.8) is 0 Å². The van der Waals surface area contributed by atoms with Crippen LogP contribution in [-0.2, 0) is 17.6 Å². The Hall–Kier alpha value is -2.66. The molecule has 0 radical (unpaired) electrons. The summed E-state index contributed by atoms with van der Waals surface area (Å²) in [4.78, 5) is 18.6. The van der Waals surface area contributed by atoms with E-state index in [0.717, 1.165) is 23.3 Å². The van der Waals surface area contributed by atoms with Gasteiger partial charge in [0.1, 0.15) is 12.4 Å². The Bertz CT molecular complexity index is 888. The minimum Gasteiger partial charge on any atom is -0.387 e. The second kappa shape index (κ2) is 6.69.